The van der Waals surface area contributed by atoms with E-state index in [0.717, 1.165) is 41.9 Å². The van der Waals surface area contributed by atoms with Crippen LogP contribution < -0.4 is 11.1 Å². The van der Waals surface area contributed by atoms with Crippen LogP contribution in [0.4, 0.5) is 10.3 Å². The van der Waals surface area contributed by atoms with E-state index in [4.69, 9.17) is 5.73 Å². The van der Waals surface area contributed by atoms with E-state index in [1.54, 1.807) is 0 Å². The molecular weight excluding hydrogens is 304 g/mol. The predicted octanol–water partition coefficient (Wildman–Crippen LogP) is 3.68. The minimum Gasteiger partial charge on any atom is -0.375 e. The maximum Gasteiger partial charge on any atom is 0.229 e. The molecular formula is C14H18N4OS2. The molecule has 0 spiro atoms. The smallest absolute Gasteiger partial charge is 0.229 e. The average molecular weight is 322 g/mol. The molecule has 1 aliphatic carbocycles. The molecule has 112 valence electrons. The Hall–Kier alpha value is -1.47. The Morgan fingerprint density at radius 1 is 1.33 bits per heavy atom. The van der Waals surface area contributed by atoms with E-state index in [-0.39, 0.29) is 11.8 Å². The maximum atomic E-state index is 12.3. The molecule has 2 aromatic rings. The lowest BCUT2D eigenvalue weighted by Gasteiger charge is -2.19. The fourth-order valence-corrected chi connectivity index (χ4v) is 4.21. The summed E-state index contributed by atoms with van der Waals surface area (Å²) in [5, 5.41) is 6.09. The van der Waals surface area contributed by atoms with Crippen molar-refractivity contribution in [2.45, 2.75) is 39.0 Å². The molecule has 2 heterocycles. The molecule has 0 unspecified atom stereocenters. The second-order valence-corrected chi connectivity index (χ2v) is 7.22. The number of nitrogens with one attached hydrogen (secondary N) is 1. The van der Waals surface area contributed by atoms with E-state index in [9.17, 15) is 4.79 Å². The number of aryl methyl sites for hydroxylation is 1. The third-order valence-electron chi connectivity index (χ3n) is 3.76. The van der Waals surface area contributed by atoms with Crippen LogP contribution in [0.5, 0.6) is 0 Å². The fraction of sp³-hybridized carbons (Fsp3) is 0.500. The largest absolute Gasteiger partial charge is 0.375 e. The molecule has 1 aliphatic rings. The van der Waals surface area contributed by atoms with Gasteiger partial charge in [-0.15, -0.1) is 11.3 Å². The zero-order valence-corrected chi connectivity index (χ0v) is 13.5. The second kappa shape index (κ2) is 6.11. The molecule has 0 aromatic carbocycles. The summed E-state index contributed by atoms with van der Waals surface area (Å²) in [4.78, 5) is 21.9. The van der Waals surface area contributed by atoms with Gasteiger partial charge in [-0.25, -0.2) is 9.97 Å². The topological polar surface area (TPSA) is 80.9 Å². The summed E-state index contributed by atoms with van der Waals surface area (Å²) in [6, 6.07) is 0. The quantitative estimate of drug-likeness (QED) is 0.903. The lowest BCUT2D eigenvalue weighted by Crippen LogP contribution is -2.24. The highest BCUT2D eigenvalue weighted by Crippen LogP contribution is 2.34. The van der Waals surface area contributed by atoms with E-state index in [2.05, 4.69) is 15.3 Å². The van der Waals surface area contributed by atoms with Crippen molar-refractivity contribution >= 4 is 38.8 Å². The molecule has 5 nitrogen and oxygen atoms in total. The van der Waals surface area contributed by atoms with E-state index in [1.807, 2.05) is 12.3 Å². The standard InChI is InChI=1S/C14H18N4OS2/c1-8-11(10-7-20-13(15)17-10)21-14(16-8)18-12(19)9-5-3-2-4-6-9/h7,9H,2-6H2,1H3,(H2,15,17)(H,16,18,19). The van der Waals surface area contributed by atoms with E-state index in [0.29, 0.717) is 10.3 Å². The summed E-state index contributed by atoms with van der Waals surface area (Å²) >= 11 is 2.88. The SMILES string of the molecule is Cc1nc(NC(=O)C2CCCCC2)sc1-c1csc(N)n1. The Balaban J connectivity index is 1.73. The van der Waals surface area contributed by atoms with Crippen molar-refractivity contribution in [3.05, 3.63) is 11.1 Å². The van der Waals surface area contributed by atoms with Gasteiger partial charge in [-0.05, 0) is 19.8 Å². The highest BCUT2D eigenvalue weighted by atomic mass is 32.1. The molecule has 21 heavy (non-hydrogen) atoms. The van der Waals surface area contributed by atoms with Gasteiger partial charge in [0.2, 0.25) is 5.91 Å². The van der Waals surface area contributed by atoms with Crippen molar-refractivity contribution in [2.24, 2.45) is 5.92 Å². The van der Waals surface area contributed by atoms with E-state index >= 15 is 0 Å². The van der Waals surface area contributed by atoms with Gasteiger partial charge in [0, 0.05) is 11.3 Å². The van der Waals surface area contributed by atoms with Crippen molar-refractivity contribution in [3.8, 4) is 10.6 Å². The number of anilines is 2. The Morgan fingerprint density at radius 3 is 2.76 bits per heavy atom. The van der Waals surface area contributed by atoms with Gasteiger partial charge in [0.15, 0.2) is 10.3 Å². The summed E-state index contributed by atoms with van der Waals surface area (Å²) in [6.45, 7) is 1.93. The molecule has 0 radical (unpaired) electrons. The van der Waals surface area contributed by atoms with Crippen LogP contribution in [0, 0.1) is 12.8 Å². The highest BCUT2D eigenvalue weighted by molar-refractivity contribution is 7.19. The number of aromatic nitrogens is 2. The number of nitrogens with two attached hydrogens (primary N) is 1. The first kappa shape index (κ1) is 14.5. The third-order valence-corrected chi connectivity index (χ3v) is 5.53. The molecule has 3 rings (SSSR count). The predicted molar refractivity (Wildman–Crippen MR) is 87.6 cm³/mol. The summed E-state index contributed by atoms with van der Waals surface area (Å²) in [5.41, 5.74) is 7.39. The van der Waals surface area contributed by atoms with Gasteiger partial charge in [0.05, 0.1) is 16.3 Å². The van der Waals surface area contributed by atoms with Crippen molar-refractivity contribution in [1.82, 2.24) is 9.97 Å². The molecule has 2 aromatic heterocycles. The van der Waals surface area contributed by atoms with Crippen LogP contribution in [-0.2, 0) is 4.79 Å². The third kappa shape index (κ3) is 3.24. The first-order valence-corrected chi connectivity index (χ1v) is 8.83. The Kier molecular flexibility index (Phi) is 4.21. The number of carbonyl (C=O) groups excluding carboxylic acids is 1. The molecule has 1 saturated carbocycles. The summed E-state index contributed by atoms with van der Waals surface area (Å²) in [5.74, 6) is 0.245. The van der Waals surface area contributed by atoms with Crippen molar-refractivity contribution in [1.29, 1.82) is 0 Å². The highest BCUT2D eigenvalue weighted by Gasteiger charge is 2.22. The first-order chi connectivity index (χ1) is 10.1. The number of hydrogen-bond acceptors (Lipinski definition) is 6. The van der Waals surface area contributed by atoms with E-state index < -0.39 is 0 Å². The van der Waals surface area contributed by atoms with Crippen molar-refractivity contribution in [3.63, 3.8) is 0 Å². The maximum absolute atomic E-state index is 12.3. The molecule has 7 heteroatoms. The number of carbonyl (C=O) groups is 1. The molecule has 0 saturated heterocycles. The van der Waals surface area contributed by atoms with Crippen molar-refractivity contribution < 1.29 is 4.79 Å². The molecule has 1 fully saturated rings. The van der Waals surface area contributed by atoms with Crippen LogP contribution in [0.15, 0.2) is 5.38 Å². The van der Waals surface area contributed by atoms with Crippen LogP contribution in [0.25, 0.3) is 10.6 Å². The number of rotatable bonds is 3. The zero-order chi connectivity index (χ0) is 14.8. The van der Waals surface area contributed by atoms with Gasteiger partial charge >= 0.3 is 0 Å². The van der Waals surface area contributed by atoms with Crippen LogP contribution in [0.2, 0.25) is 0 Å². The molecule has 0 aliphatic heterocycles. The van der Waals surface area contributed by atoms with Gasteiger partial charge < -0.3 is 11.1 Å². The minimum absolute atomic E-state index is 0.104. The molecule has 0 bridgehead atoms. The first-order valence-electron chi connectivity index (χ1n) is 7.13. The van der Waals surface area contributed by atoms with Gasteiger partial charge in [0.25, 0.3) is 0 Å². The number of nitrogens with zero attached hydrogens (tertiary/aromatic N) is 2. The average Bonchev–Trinajstić information content (AvgIpc) is 3.06. The number of amides is 1. The lowest BCUT2D eigenvalue weighted by molar-refractivity contribution is -0.120. The monoisotopic (exact) mass is 322 g/mol. The molecule has 3 N–H and O–H groups in total. The number of nitrogen functional groups attached to an aromatic ring is 1. The van der Waals surface area contributed by atoms with Crippen LogP contribution >= 0.6 is 22.7 Å². The second-order valence-electron chi connectivity index (χ2n) is 5.33. The normalized spacial score (nSPS) is 16.0. The summed E-state index contributed by atoms with van der Waals surface area (Å²) in [7, 11) is 0. The summed E-state index contributed by atoms with van der Waals surface area (Å²) in [6.07, 6.45) is 5.53. The van der Waals surface area contributed by atoms with Gasteiger partial charge in [-0.2, -0.15) is 0 Å². The van der Waals surface area contributed by atoms with Crippen molar-refractivity contribution in [2.75, 3.05) is 11.1 Å². The number of hydrogen-bond donors (Lipinski definition) is 2. The Labute approximate surface area is 131 Å². The van der Waals surface area contributed by atoms with E-state index in [1.165, 1.54) is 29.1 Å². The van der Waals surface area contributed by atoms with Gasteiger partial charge in [-0.1, -0.05) is 30.6 Å². The van der Waals surface area contributed by atoms with Crippen LogP contribution in [0.1, 0.15) is 37.8 Å². The fourth-order valence-electron chi connectivity index (χ4n) is 2.65. The number of thiazole rings is 2. The molecule has 0 atom stereocenters. The summed E-state index contributed by atoms with van der Waals surface area (Å²) < 4.78 is 0. The minimum atomic E-state index is 0.104. The van der Waals surface area contributed by atoms with Gasteiger partial charge in [-0.3, -0.25) is 4.79 Å². The van der Waals surface area contributed by atoms with Crippen LogP contribution in [-0.4, -0.2) is 15.9 Å². The Bertz CT molecular complexity index is 643. The van der Waals surface area contributed by atoms with Gasteiger partial charge in [0.1, 0.15) is 0 Å². The Morgan fingerprint density at radius 2 is 2.10 bits per heavy atom. The lowest BCUT2D eigenvalue weighted by atomic mass is 9.89. The molecule has 1 amide bonds. The van der Waals surface area contributed by atoms with Crippen LogP contribution in [0.3, 0.4) is 0 Å². The zero-order valence-electron chi connectivity index (χ0n) is 11.9.